The van der Waals surface area contributed by atoms with E-state index < -0.39 is 6.17 Å². The van der Waals surface area contributed by atoms with Crippen LogP contribution in [0.25, 0.3) is 0 Å². The van der Waals surface area contributed by atoms with E-state index in [1.54, 1.807) is 17.3 Å². The number of aromatic nitrogens is 2. The number of carbonyl (C=O) groups excluding carboxylic acids is 1. The van der Waals surface area contributed by atoms with Gasteiger partial charge in [-0.05, 0) is 19.9 Å². The average Bonchev–Trinajstić information content (AvgIpc) is 3.03. The standard InChI is InChI=1S/C16H24FN5O/c1-20-4-3-15(16(20)23)21(2)10-14-5-13(17)9-22(14)8-12-6-18-11-19-7-12/h6-7,11,13-15H,3-5,8-10H2,1-2H3/t13-,14-,15?/m0/s1. The zero-order valence-electron chi connectivity index (χ0n) is 13.7. The largest absolute Gasteiger partial charge is 0.344 e. The number of amides is 1. The highest BCUT2D eigenvalue weighted by Crippen LogP contribution is 2.24. The Morgan fingerprint density at radius 2 is 2.13 bits per heavy atom. The highest BCUT2D eigenvalue weighted by Gasteiger charge is 2.37. The van der Waals surface area contributed by atoms with Crippen molar-refractivity contribution in [1.29, 1.82) is 0 Å². The summed E-state index contributed by atoms with van der Waals surface area (Å²) >= 11 is 0. The maximum absolute atomic E-state index is 13.9. The third kappa shape index (κ3) is 3.67. The minimum Gasteiger partial charge on any atom is -0.344 e. The van der Waals surface area contributed by atoms with E-state index in [4.69, 9.17) is 0 Å². The van der Waals surface area contributed by atoms with Crippen molar-refractivity contribution in [2.45, 2.75) is 37.6 Å². The lowest BCUT2D eigenvalue weighted by Gasteiger charge is -2.30. The van der Waals surface area contributed by atoms with Crippen LogP contribution in [-0.4, -0.2) is 82.6 Å². The Morgan fingerprint density at radius 3 is 2.78 bits per heavy atom. The molecule has 2 fully saturated rings. The summed E-state index contributed by atoms with van der Waals surface area (Å²) in [5.74, 6) is 0.172. The van der Waals surface area contributed by atoms with Gasteiger partial charge in [-0.25, -0.2) is 14.4 Å². The summed E-state index contributed by atoms with van der Waals surface area (Å²) in [6.07, 6.45) is 5.61. The lowest BCUT2D eigenvalue weighted by molar-refractivity contribution is -0.130. The zero-order chi connectivity index (χ0) is 16.4. The van der Waals surface area contributed by atoms with Gasteiger partial charge in [0.25, 0.3) is 0 Å². The quantitative estimate of drug-likeness (QED) is 0.793. The predicted octanol–water partition coefficient (Wildman–Crippen LogP) is 0.551. The van der Waals surface area contributed by atoms with Crippen molar-refractivity contribution in [1.82, 2.24) is 24.7 Å². The first-order chi connectivity index (χ1) is 11.0. The molecule has 1 aromatic heterocycles. The summed E-state index contributed by atoms with van der Waals surface area (Å²) in [5.41, 5.74) is 0.992. The number of alkyl halides is 1. The van der Waals surface area contributed by atoms with Gasteiger partial charge in [0, 0.05) is 57.2 Å². The summed E-state index contributed by atoms with van der Waals surface area (Å²) in [7, 11) is 3.81. The molecule has 0 N–H and O–H groups in total. The van der Waals surface area contributed by atoms with Crippen LogP contribution in [0.1, 0.15) is 18.4 Å². The first-order valence-corrected chi connectivity index (χ1v) is 8.12. The molecular weight excluding hydrogens is 297 g/mol. The average molecular weight is 321 g/mol. The van der Waals surface area contributed by atoms with Crippen LogP contribution in [0.15, 0.2) is 18.7 Å². The molecule has 2 saturated heterocycles. The normalized spacial score (nSPS) is 29.0. The van der Waals surface area contributed by atoms with Crippen LogP contribution in [0.5, 0.6) is 0 Å². The van der Waals surface area contributed by atoms with Gasteiger partial charge in [0.2, 0.25) is 5.91 Å². The molecule has 0 aromatic carbocycles. The number of nitrogens with zero attached hydrogens (tertiary/aromatic N) is 5. The molecule has 23 heavy (non-hydrogen) atoms. The molecule has 0 aliphatic carbocycles. The summed E-state index contributed by atoms with van der Waals surface area (Å²) < 4.78 is 13.9. The molecule has 1 amide bonds. The molecule has 3 rings (SSSR count). The number of likely N-dealkylation sites (N-methyl/N-ethyl adjacent to an activating group) is 2. The molecule has 0 radical (unpaired) electrons. The third-order valence-electron chi connectivity index (χ3n) is 4.91. The second kappa shape index (κ2) is 6.88. The highest BCUT2D eigenvalue weighted by molar-refractivity contribution is 5.83. The molecule has 126 valence electrons. The maximum Gasteiger partial charge on any atom is 0.239 e. The van der Waals surface area contributed by atoms with Gasteiger partial charge in [-0.2, -0.15) is 0 Å². The zero-order valence-corrected chi connectivity index (χ0v) is 13.7. The van der Waals surface area contributed by atoms with Crippen molar-refractivity contribution in [3.05, 3.63) is 24.3 Å². The summed E-state index contributed by atoms with van der Waals surface area (Å²) in [6, 6.07) is 0.0504. The van der Waals surface area contributed by atoms with E-state index in [-0.39, 0.29) is 18.0 Å². The molecule has 0 spiro atoms. The highest BCUT2D eigenvalue weighted by atomic mass is 19.1. The van der Waals surface area contributed by atoms with Crippen molar-refractivity contribution in [3.63, 3.8) is 0 Å². The van der Waals surface area contributed by atoms with Crippen molar-refractivity contribution >= 4 is 5.91 Å². The Labute approximate surface area is 136 Å². The minimum atomic E-state index is -0.806. The van der Waals surface area contributed by atoms with Gasteiger partial charge in [0.1, 0.15) is 12.5 Å². The maximum atomic E-state index is 13.9. The molecule has 0 saturated carbocycles. The first kappa shape index (κ1) is 16.3. The monoisotopic (exact) mass is 321 g/mol. The number of hydrogen-bond acceptors (Lipinski definition) is 5. The van der Waals surface area contributed by atoms with Gasteiger partial charge < -0.3 is 4.90 Å². The molecule has 6 nitrogen and oxygen atoms in total. The Hall–Kier alpha value is -1.60. The summed E-state index contributed by atoms with van der Waals surface area (Å²) in [5, 5.41) is 0. The van der Waals surface area contributed by atoms with Crippen LogP contribution in [0.4, 0.5) is 4.39 Å². The fourth-order valence-corrected chi connectivity index (χ4v) is 3.62. The van der Waals surface area contributed by atoms with E-state index in [1.807, 2.05) is 14.1 Å². The number of carbonyl (C=O) groups is 1. The molecular formula is C16H24FN5O. The Balaban J connectivity index is 1.62. The molecule has 3 atom stereocenters. The van der Waals surface area contributed by atoms with Gasteiger partial charge >= 0.3 is 0 Å². The second-order valence-electron chi connectivity index (χ2n) is 6.67. The van der Waals surface area contributed by atoms with Gasteiger partial charge in [-0.15, -0.1) is 0 Å². The second-order valence-corrected chi connectivity index (χ2v) is 6.67. The van der Waals surface area contributed by atoms with Crippen molar-refractivity contribution in [2.24, 2.45) is 0 Å². The van der Waals surface area contributed by atoms with E-state index in [9.17, 15) is 9.18 Å². The lowest BCUT2D eigenvalue weighted by atomic mass is 10.1. The van der Waals surface area contributed by atoms with Crippen LogP contribution in [-0.2, 0) is 11.3 Å². The Kier molecular flexibility index (Phi) is 4.87. The molecule has 1 unspecified atom stereocenters. The van der Waals surface area contributed by atoms with E-state index in [1.165, 1.54) is 6.33 Å². The summed E-state index contributed by atoms with van der Waals surface area (Å²) in [4.78, 5) is 26.2. The summed E-state index contributed by atoms with van der Waals surface area (Å²) in [6.45, 7) is 2.60. The molecule has 1 aromatic rings. The molecule has 2 aliphatic heterocycles. The van der Waals surface area contributed by atoms with Crippen LogP contribution in [0.3, 0.4) is 0 Å². The predicted molar refractivity (Wildman–Crippen MR) is 84.4 cm³/mol. The van der Waals surface area contributed by atoms with Crippen LogP contribution in [0, 0.1) is 0 Å². The SMILES string of the molecule is CN1CCC(N(C)C[C@@H]2C[C@H](F)CN2Cc2cncnc2)C1=O. The fourth-order valence-electron chi connectivity index (χ4n) is 3.62. The van der Waals surface area contributed by atoms with E-state index in [2.05, 4.69) is 19.8 Å². The topological polar surface area (TPSA) is 52.6 Å². The number of halogens is 1. The van der Waals surface area contributed by atoms with Crippen LogP contribution in [0.2, 0.25) is 0 Å². The van der Waals surface area contributed by atoms with E-state index >= 15 is 0 Å². The molecule has 0 bridgehead atoms. The van der Waals surface area contributed by atoms with Gasteiger partial charge in [0.05, 0.1) is 6.04 Å². The Bertz CT molecular complexity index is 543. The van der Waals surface area contributed by atoms with Crippen molar-refractivity contribution in [3.8, 4) is 0 Å². The van der Waals surface area contributed by atoms with Crippen molar-refractivity contribution in [2.75, 3.05) is 33.7 Å². The van der Waals surface area contributed by atoms with E-state index in [0.717, 1.165) is 18.5 Å². The first-order valence-electron chi connectivity index (χ1n) is 8.12. The van der Waals surface area contributed by atoms with E-state index in [0.29, 0.717) is 26.1 Å². The molecule has 3 heterocycles. The van der Waals surface area contributed by atoms with Gasteiger partial charge in [-0.3, -0.25) is 14.6 Å². The number of likely N-dealkylation sites (tertiary alicyclic amines) is 2. The lowest BCUT2D eigenvalue weighted by Crippen LogP contribution is -2.45. The van der Waals surface area contributed by atoms with Crippen molar-refractivity contribution < 1.29 is 9.18 Å². The number of hydrogen-bond donors (Lipinski definition) is 0. The third-order valence-corrected chi connectivity index (χ3v) is 4.91. The van der Waals surface area contributed by atoms with Crippen LogP contribution < -0.4 is 0 Å². The molecule has 2 aliphatic rings. The fraction of sp³-hybridized carbons (Fsp3) is 0.688. The van der Waals surface area contributed by atoms with Crippen LogP contribution >= 0.6 is 0 Å². The smallest absolute Gasteiger partial charge is 0.239 e. The van der Waals surface area contributed by atoms with Gasteiger partial charge in [-0.1, -0.05) is 0 Å². The Morgan fingerprint density at radius 1 is 1.39 bits per heavy atom. The van der Waals surface area contributed by atoms with Gasteiger partial charge in [0.15, 0.2) is 0 Å². The number of rotatable bonds is 5. The molecule has 7 heteroatoms. The minimum absolute atomic E-state index is 0.0689.